The van der Waals surface area contributed by atoms with Gasteiger partial charge in [-0.05, 0) is 18.2 Å². The summed E-state index contributed by atoms with van der Waals surface area (Å²) in [7, 11) is 0. The van der Waals surface area contributed by atoms with E-state index < -0.39 is 0 Å². The number of hydrogen-bond acceptors (Lipinski definition) is 3. The molecule has 0 aromatic heterocycles. The van der Waals surface area contributed by atoms with Gasteiger partial charge in [0.15, 0.2) is 0 Å². The first-order valence-electron chi connectivity index (χ1n) is 3.06. The zero-order valence-electron chi connectivity index (χ0n) is 5.73. The van der Waals surface area contributed by atoms with Crippen LogP contribution in [-0.2, 0) is 0 Å². The second kappa shape index (κ2) is 2.96. The van der Waals surface area contributed by atoms with Crippen molar-refractivity contribution in [2.24, 2.45) is 0 Å². The highest BCUT2D eigenvalue weighted by Crippen LogP contribution is 1.97. The maximum atomic E-state index is 8.94. The topological polar surface area (TPSA) is 60.7 Å². The monoisotopic (exact) mass is 152 g/mol. The summed E-state index contributed by atoms with van der Waals surface area (Å²) in [4.78, 5) is 0. The summed E-state index contributed by atoms with van der Waals surface area (Å²) in [6.45, 7) is 0. The van der Waals surface area contributed by atoms with Crippen molar-refractivity contribution in [2.75, 3.05) is 0 Å². The lowest BCUT2D eigenvalue weighted by Gasteiger charge is -1.89. The molecule has 0 aliphatic rings. The minimum absolute atomic E-state index is 0.0518. The number of aromatic hydroxyl groups is 1. The lowest BCUT2D eigenvalue weighted by atomic mass is 10.2. The lowest BCUT2D eigenvalue weighted by molar-refractivity contribution is 0.473. The molecule has 58 valence electrons. The Kier molecular flexibility index (Phi) is 2.01. The first-order chi connectivity index (χ1) is 5.27. The molecular weight excluding hydrogens is 144 g/mol. The minimum atomic E-state index is 0.0518. The highest BCUT2D eigenvalue weighted by Gasteiger charge is 1.87. The van der Waals surface area contributed by atoms with Gasteiger partial charge in [-0.1, -0.05) is 0 Å². The standard InChI is InChI=1S/C8H8O3/c9-4-6-1-2-8(11)3-7(6)5-10/h1-5,9-11H. The zero-order chi connectivity index (χ0) is 8.27. The number of benzene rings is 1. The summed E-state index contributed by atoms with van der Waals surface area (Å²) in [5.41, 5.74) is 0. The van der Waals surface area contributed by atoms with E-state index in [2.05, 4.69) is 0 Å². The zero-order valence-corrected chi connectivity index (χ0v) is 5.73. The van der Waals surface area contributed by atoms with E-state index in [0.717, 1.165) is 12.5 Å². The molecule has 0 unspecified atom stereocenters. The van der Waals surface area contributed by atoms with Crippen LogP contribution in [0.25, 0.3) is 12.5 Å². The van der Waals surface area contributed by atoms with Crippen LogP contribution < -0.4 is 10.4 Å². The number of aliphatic hydroxyl groups excluding tert-OH is 2. The molecule has 3 nitrogen and oxygen atoms in total. The molecule has 0 fully saturated rings. The first kappa shape index (κ1) is 7.47. The van der Waals surface area contributed by atoms with Crippen LogP contribution in [0, 0.1) is 0 Å². The van der Waals surface area contributed by atoms with E-state index in [1.165, 1.54) is 18.2 Å². The molecule has 0 heterocycles. The van der Waals surface area contributed by atoms with E-state index in [1.54, 1.807) is 0 Å². The second-order valence-corrected chi connectivity index (χ2v) is 2.07. The molecule has 0 amide bonds. The third kappa shape index (κ3) is 1.43. The second-order valence-electron chi connectivity index (χ2n) is 2.07. The smallest absolute Gasteiger partial charge is 0.116 e. The molecule has 0 aliphatic carbocycles. The molecule has 0 bridgehead atoms. The Morgan fingerprint density at radius 2 is 1.64 bits per heavy atom. The Labute approximate surface area is 63.2 Å². The fourth-order valence-electron chi connectivity index (χ4n) is 0.792. The normalized spacial score (nSPS) is 13.8. The van der Waals surface area contributed by atoms with Crippen molar-refractivity contribution in [3.05, 3.63) is 28.6 Å². The summed E-state index contributed by atoms with van der Waals surface area (Å²) < 4.78 is 0. The SMILES string of the molecule is OC=c1ccc(O)cc1=CO. The molecule has 0 aliphatic heterocycles. The van der Waals surface area contributed by atoms with E-state index in [0.29, 0.717) is 10.4 Å². The number of rotatable bonds is 0. The van der Waals surface area contributed by atoms with Gasteiger partial charge >= 0.3 is 0 Å². The van der Waals surface area contributed by atoms with Crippen molar-refractivity contribution in [1.29, 1.82) is 0 Å². The molecule has 1 rings (SSSR count). The molecule has 3 heteroatoms. The molecule has 0 radical (unpaired) electrons. The minimum Gasteiger partial charge on any atom is -0.515 e. The highest BCUT2D eigenvalue weighted by atomic mass is 16.3. The average Bonchev–Trinajstić information content (AvgIpc) is 2.04. The van der Waals surface area contributed by atoms with Gasteiger partial charge in [0.25, 0.3) is 0 Å². The van der Waals surface area contributed by atoms with Crippen molar-refractivity contribution in [2.45, 2.75) is 0 Å². The third-order valence-corrected chi connectivity index (χ3v) is 1.35. The number of phenols is 1. The van der Waals surface area contributed by atoms with Crippen LogP contribution in [0.3, 0.4) is 0 Å². The van der Waals surface area contributed by atoms with Crippen molar-refractivity contribution >= 4 is 12.5 Å². The molecule has 0 saturated heterocycles. The van der Waals surface area contributed by atoms with Gasteiger partial charge in [-0.25, -0.2) is 0 Å². The third-order valence-electron chi connectivity index (χ3n) is 1.35. The van der Waals surface area contributed by atoms with Crippen LogP contribution in [0.15, 0.2) is 18.2 Å². The average molecular weight is 152 g/mol. The van der Waals surface area contributed by atoms with E-state index >= 15 is 0 Å². The van der Waals surface area contributed by atoms with Gasteiger partial charge < -0.3 is 15.3 Å². The summed E-state index contributed by atoms with van der Waals surface area (Å²) >= 11 is 0. The Morgan fingerprint density at radius 3 is 2.18 bits per heavy atom. The number of hydrogen-bond donors (Lipinski definition) is 3. The van der Waals surface area contributed by atoms with Gasteiger partial charge in [-0.2, -0.15) is 0 Å². The van der Waals surface area contributed by atoms with Gasteiger partial charge in [0.1, 0.15) is 5.75 Å². The van der Waals surface area contributed by atoms with Crippen LogP contribution in [0.1, 0.15) is 0 Å². The van der Waals surface area contributed by atoms with Gasteiger partial charge in [0.2, 0.25) is 0 Å². The van der Waals surface area contributed by atoms with Crippen LogP contribution >= 0.6 is 0 Å². The van der Waals surface area contributed by atoms with Crippen molar-refractivity contribution in [1.82, 2.24) is 0 Å². The summed E-state index contributed by atoms with van der Waals surface area (Å²) in [5.74, 6) is 0.0518. The highest BCUT2D eigenvalue weighted by molar-refractivity contribution is 5.30. The van der Waals surface area contributed by atoms with Crippen molar-refractivity contribution in [3.63, 3.8) is 0 Å². The number of phenolic OH excluding ortho intramolecular Hbond substituents is 1. The van der Waals surface area contributed by atoms with Crippen LogP contribution in [0.2, 0.25) is 0 Å². The van der Waals surface area contributed by atoms with Crippen molar-refractivity contribution in [3.8, 4) is 5.75 Å². The fraction of sp³-hybridized carbons (Fsp3) is 0. The lowest BCUT2D eigenvalue weighted by Crippen LogP contribution is -2.23. The summed E-state index contributed by atoms with van der Waals surface area (Å²) in [5, 5.41) is 27.0. The molecular formula is C8H8O3. The van der Waals surface area contributed by atoms with E-state index in [1.807, 2.05) is 0 Å². The number of aliphatic hydroxyl groups is 2. The van der Waals surface area contributed by atoms with E-state index in [9.17, 15) is 0 Å². The van der Waals surface area contributed by atoms with Crippen LogP contribution in [0.4, 0.5) is 0 Å². The van der Waals surface area contributed by atoms with Crippen LogP contribution in [0.5, 0.6) is 5.75 Å². The van der Waals surface area contributed by atoms with Gasteiger partial charge in [-0.3, -0.25) is 0 Å². The van der Waals surface area contributed by atoms with Gasteiger partial charge in [0, 0.05) is 10.4 Å². The molecule has 0 atom stereocenters. The predicted octanol–water partition coefficient (Wildman–Crippen LogP) is -0.0158. The van der Waals surface area contributed by atoms with Gasteiger partial charge in [-0.15, -0.1) is 0 Å². The maximum absolute atomic E-state index is 8.94. The van der Waals surface area contributed by atoms with Crippen molar-refractivity contribution < 1.29 is 15.3 Å². The first-order valence-corrected chi connectivity index (χ1v) is 3.06. The van der Waals surface area contributed by atoms with Gasteiger partial charge in [0.05, 0.1) is 12.5 Å². The Morgan fingerprint density at radius 1 is 1.00 bits per heavy atom. The molecule has 11 heavy (non-hydrogen) atoms. The summed E-state index contributed by atoms with van der Waals surface area (Å²) in [6, 6.07) is 4.27. The quantitative estimate of drug-likeness (QED) is 0.489. The molecule has 1 aromatic rings. The van der Waals surface area contributed by atoms with Crippen LogP contribution in [-0.4, -0.2) is 15.3 Å². The molecule has 0 saturated carbocycles. The summed E-state index contributed by atoms with van der Waals surface area (Å²) in [6.07, 6.45) is 1.68. The van der Waals surface area contributed by atoms with E-state index in [4.69, 9.17) is 15.3 Å². The predicted molar refractivity (Wildman–Crippen MR) is 41.5 cm³/mol. The largest absolute Gasteiger partial charge is 0.515 e. The Hall–Kier alpha value is -1.64. The van der Waals surface area contributed by atoms with E-state index in [-0.39, 0.29) is 5.75 Å². The maximum Gasteiger partial charge on any atom is 0.116 e. The fourth-order valence-corrected chi connectivity index (χ4v) is 0.792. The molecule has 3 N–H and O–H groups in total. The Bertz CT molecular complexity index is 354. The molecule has 1 aromatic carbocycles. The Balaban J connectivity index is 3.55. The molecule has 0 spiro atoms.